The Morgan fingerprint density at radius 2 is 1.79 bits per heavy atom. The van der Waals surface area contributed by atoms with E-state index in [1.807, 2.05) is 24.3 Å². The molecule has 0 aliphatic rings. The maximum atomic E-state index is 10.6. The molecule has 4 heteroatoms. The zero-order chi connectivity index (χ0) is 13.2. The average molecular weight is 273 g/mol. The standard InChI is InChI=1S/C15H9ClO3/c16-13-6-7-14(12-4-2-1-3-11(12)13)19-15-8-5-10(9-17)18-15/h1-9H. The van der Waals surface area contributed by atoms with Gasteiger partial charge in [-0.05, 0) is 18.2 Å². The molecule has 3 aromatic rings. The van der Waals surface area contributed by atoms with Crippen LogP contribution in [0.3, 0.4) is 0 Å². The number of aldehydes is 1. The van der Waals surface area contributed by atoms with Gasteiger partial charge in [-0.25, -0.2) is 0 Å². The normalized spacial score (nSPS) is 10.6. The maximum absolute atomic E-state index is 10.6. The highest BCUT2D eigenvalue weighted by Gasteiger charge is 2.08. The van der Waals surface area contributed by atoms with Crippen LogP contribution in [0.5, 0.6) is 11.7 Å². The lowest BCUT2D eigenvalue weighted by molar-refractivity contribution is 0.109. The van der Waals surface area contributed by atoms with Crippen LogP contribution in [0.2, 0.25) is 5.02 Å². The van der Waals surface area contributed by atoms with Crippen molar-refractivity contribution in [2.45, 2.75) is 0 Å². The number of furan rings is 1. The number of benzene rings is 2. The van der Waals surface area contributed by atoms with Crippen molar-refractivity contribution >= 4 is 28.7 Å². The SMILES string of the molecule is O=Cc1ccc(Oc2ccc(Cl)c3ccccc23)o1. The summed E-state index contributed by atoms with van der Waals surface area (Å²) in [6, 6.07) is 14.4. The van der Waals surface area contributed by atoms with Gasteiger partial charge in [-0.1, -0.05) is 35.9 Å². The van der Waals surface area contributed by atoms with Gasteiger partial charge in [-0.15, -0.1) is 0 Å². The molecule has 0 amide bonds. The number of rotatable bonds is 3. The second-order valence-corrected chi connectivity index (χ2v) is 4.38. The van der Waals surface area contributed by atoms with Gasteiger partial charge in [0.05, 0.1) is 0 Å². The molecule has 3 nitrogen and oxygen atoms in total. The van der Waals surface area contributed by atoms with Crippen LogP contribution in [0.15, 0.2) is 52.9 Å². The second-order valence-electron chi connectivity index (χ2n) is 3.97. The van der Waals surface area contributed by atoms with Crippen molar-refractivity contribution < 1.29 is 13.9 Å². The van der Waals surface area contributed by atoms with E-state index in [9.17, 15) is 4.79 Å². The molecular weight excluding hydrogens is 264 g/mol. The molecule has 19 heavy (non-hydrogen) atoms. The van der Waals surface area contributed by atoms with E-state index in [-0.39, 0.29) is 11.7 Å². The van der Waals surface area contributed by atoms with Crippen LogP contribution in [0, 0.1) is 0 Å². The first kappa shape index (κ1) is 11.8. The Morgan fingerprint density at radius 3 is 2.53 bits per heavy atom. The van der Waals surface area contributed by atoms with Gasteiger partial charge in [0.2, 0.25) is 0 Å². The highest BCUT2D eigenvalue weighted by Crippen LogP contribution is 2.34. The van der Waals surface area contributed by atoms with Gasteiger partial charge in [0.1, 0.15) is 5.75 Å². The molecule has 0 unspecified atom stereocenters. The molecule has 0 aliphatic heterocycles. The molecule has 0 aliphatic carbocycles. The van der Waals surface area contributed by atoms with E-state index >= 15 is 0 Å². The second kappa shape index (κ2) is 4.78. The van der Waals surface area contributed by atoms with E-state index in [2.05, 4.69) is 0 Å². The smallest absolute Gasteiger partial charge is 0.290 e. The zero-order valence-electron chi connectivity index (χ0n) is 9.80. The van der Waals surface area contributed by atoms with Crippen LogP contribution in [0.1, 0.15) is 10.6 Å². The van der Waals surface area contributed by atoms with Gasteiger partial charge in [-0.3, -0.25) is 4.79 Å². The summed E-state index contributed by atoms with van der Waals surface area (Å²) in [4.78, 5) is 10.6. The van der Waals surface area contributed by atoms with Crippen LogP contribution < -0.4 is 4.74 Å². The average Bonchev–Trinajstić information content (AvgIpc) is 2.90. The largest absolute Gasteiger partial charge is 0.425 e. The monoisotopic (exact) mass is 272 g/mol. The van der Waals surface area contributed by atoms with E-state index in [1.54, 1.807) is 24.3 Å². The molecule has 0 radical (unpaired) electrons. The molecule has 2 aromatic carbocycles. The Bertz CT molecular complexity index is 746. The first-order valence-electron chi connectivity index (χ1n) is 5.68. The van der Waals surface area contributed by atoms with Gasteiger partial charge in [0.25, 0.3) is 5.95 Å². The topological polar surface area (TPSA) is 39.4 Å². The lowest BCUT2D eigenvalue weighted by Crippen LogP contribution is -1.84. The number of halogens is 1. The van der Waals surface area contributed by atoms with Crippen LogP contribution in [-0.4, -0.2) is 6.29 Å². The highest BCUT2D eigenvalue weighted by atomic mass is 35.5. The first-order valence-corrected chi connectivity index (χ1v) is 6.06. The molecule has 1 aromatic heterocycles. The minimum absolute atomic E-state index is 0.230. The number of hydrogen-bond donors (Lipinski definition) is 0. The Balaban J connectivity index is 2.05. The predicted octanol–water partition coefficient (Wildman–Crippen LogP) is 4.69. The van der Waals surface area contributed by atoms with Gasteiger partial charge in [0, 0.05) is 21.9 Å². The third-order valence-corrected chi connectivity index (χ3v) is 3.09. The lowest BCUT2D eigenvalue weighted by atomic mass is 10.1. The fraction of sp³-hybridized carbons (Fsp3) is 0. The van der Waals surface area contributed by atoms with E-state index in [0.717, 1.165) is 10.8 Å². The van der Waals surface area contributed by atoms with Crippen molar-refractivity contribution in [3.05, 3.63) is 59.3 Å². The van der Waals surface area contributed by atoms with Crippen LogP contribution in [0.4, 0.5) is 0 Å². The molecular formula is C15H9ClO3. The summed E-state index contributed by atoms with van der Waals surface area (Å²) in [5.74, 6) is 1.13. The van der Waals surface area contributed by atoms with Crippen molar-refractivity contribution in [3.8, 4) is 11.7 Å². The summed E-state index contributed by atoms with van der Waals surface area (Å²) < 4.78 is 10.8. The number of carbonyl (C=O) groups is 1. The van der Waals surface area contributed by atoms with Crippen molar-refractivity contribution in [1.29, 1.82) is 0 Å². The number of ether oxygens (including phenoxy) is 1. The highest BCUT2D eigenvalue weighted by molar-refractivity contribution is 6.35. The third kappa shape index (κ3) is 2.20. The van der Waals surface area contributed by atoms with Crippen molar-refractivity contribution in [2.24, 2.45) is 0 Å². The fourth-order valence-corrected chi connectivity index (χ4v) is 2.11. The number of carbonyl (C=O) groups excluding carboxylic acids is 1. The van der Waals surface area contributed by atoms with Crippen LogP contribution in [0.25, 0.3) is 10.8 Å². The predicted molar refractivity (Wildman–Crippen MR) is 73.1 cm³/mol. The summed E-state index contributed by atoms with van der Waals surface area (Å²) in [5.41, 5.74) is 0. The van der Waals surface area contributed by atoms with E-state index < -0.39 is 0 Å². The zero-order valence-corrected chi connectivity index (χ0v) is 10.6. The summed E-state index contributed by atoms with van der Waals surface area (Å²) in [7, 11) is 0. The van der Waals surface area contributed by atoms with Gasteiger partial charge < -0.3 is 9.15 Å². The summed E-state index contributed by atoms with van der Waals surface area (Å²) >= 11 is 6.13. The van der Waals surface area contributed by atoms with Gasteiger partial charge in [-0.2, -0.15) is 0 Å². The molecule has 0 N–H and O–H groups in total. The molecule has 0 saturated heterocycles. The minimum Gasteiger partial charge on any atom is -0.425 e. The van der Waals surface area contributed by atoms with Crippen molar-refractivity contribution in [1.82, 2.24) is 0 Å². The third-order valence-electron chi connectivity index (χ3n) is 2.76. The van der Waals surface area contributed by atoms with Crippen molar-refractivity contribution in [2.75, 3.05) is 0 Å². The Labute approximate surface area is 114 Å². The summed E-state index contributed by atoms with van der Waals surface area (Å²) in [6.45, 7) is 0. The molecule has 1 heterocycles. The quantitative estimate of drug-likeness (QED) is 0.649. The Morgan fingerprint density at radius 1 is 1.00 bits per heavy atom. The first-order chi connectivity index (χ1) is 9.28. The van der Waals surface area contributed by atoms with Crippen molar-refractivity contribution in [3.63, 3.8) is 0 Å². The number of fused-ring (bicyclic) bond motifs is 1. The fourth-order valence-electron chi connectivity index (χ4n) is 1.88. The molecule has 0 saturated carbocycles. The minimum atomic E-state index is 0.230. The summed E-state index contributed by atoms with van der Waals surface area (Å²) in [5, 5.41) is 2.46. The maximum Gasteiger partial charge on any atom is 0.290 e. The molecule has 94 valence electrons. The Hall–Kier alpha value is -2.26. The van der Waals surface area contributed by atoms with E-state index in [0.29, 0.717) is 17.1 Å². The Kier molecular flexibility index (Phi) is 2.97. The molecule has 0 spiro atoms. The van der Waals surface area contributed by atoms with Gasteiger partial charge in [0.15, 0.2) is 12.0 Å². The molecule has 0 bridgehead atoms. The lowest BCUT2D eigenvalue weighted by Gasteiger charge is -2.07. The number of hydrogen-bond acceptors (Lipinski definition) is 3. The summed E-state index contributed by atoms with van der Waals surface area (Å²) in [6.07, 6.45) is 0.632. The molecule has 0 atom stereocenters. The van der Waals surface area contributed by atoms with Crippen LogP contribution >= 0.6 is 11.6 Å². The van der Waals surface area contributed by atoms with Crippen LogP contribution in [-0.2, 0) is 0 Å². The molecule has 3 rings (SSSR count). The molecule has 0 fully saturated rings. The van der Waals surface area contributed by atoms with Gasteiger partial charge >= 0.3 is 0 Å². The van der Waals surface area contributed by atoms with E-state index in [4.69, 9.17) is 20.8 Å². The van der Waals surface area contributed by atoms with E-state index in [1.165, 1.54) is 0 Å².